The van der Waals surface area contributed by atoms with Gasteiger partial charge in [0.2, 0.25) is 0 Å². The van der Waals surface area contributed by atoms with Crippen LogP contribution in [0.1, 0.15) is 12.8 Å². The fraction of sp³-hybridized carbons (Fsp3) is 0.250. The van der Waals surface area contributed by atoms with Crippen LogP contribution in [0, 0.1) is 24.0 Å². The molecule has 2 amide bonds. The average molecular weight is 284 g/mol. The summed E-state index contributed by atoms with van der Waals surface area (Å²) in [6.45, 7) is 3.64. The summed E-state index contributed by atoms with van der Waals surface area (Å²) in [5, 5.41) is 9.73. The largest absolute Gasteiger partial charge is 0.370 e. The molecule has 1 atom stereocenters. The van der Waals surface area contributed by atoms with Gasteiger partial charge in [-0.2, -0.15) is 0 Å². The lowest BCUT2D eigenvalue weighted by Crippen LogP contribution is -2.54. The van der Waals surface area contributed by atoms with E-state index in [0.29, 0.717) is 12.8 Å². The molecule has 1 aromatic carbocycles. The molecule has 0 bridgehead atoms. The number of hydrogen-bond donors (Lipinski definition) is 4. The van der Waals surface area contributed by atoms with Gasteiger partial charge in [0.05, 0.1) is 5.69 Å². The van der Waals surface area contributed by atoms with Gasteiger partial charge in [0.1, 0.15) is 6.17 Å². The fourth-order valence-electron chi connectivity index (χ4n) is 1.73. The predicted molar refractivity (Wildman–Crippen MR) is 71.8 cm³/mol. The van der Waals surface area contributed by atoms with Crippen molar-refractivity contribution in [1.29, 1.82) is 5.41 Å². The van der Waals surface area contributed by atoms with Gasteiger partial charge in [-0.3, -0.25) is 10.3 Å². The predicted octanol–water partition coefficient (Wildman–Crippen LogP) is 1.27. The second-order valence-corrected chi connectivity index (χ2v) is 4.02. The van der Waals surface area contributed by atoms with Crippen molar-refractivity contribution in [1.82, 2.24) is 5.32 Å². The number of nitrogens with zero attached hydrogens (tertiary/aromatic N) is 1. The molecular formula is C12H16F2N5O. The van der Waals surface area contributed by atoms with E-state index in [1.54, 1.807) is 0 Å². The number of hydrogen-bond acceptors (Lipinski definition) is 2. The highest BCUT2D eigenvalue weighted by atomic mass is 19.2. The number of carbonyl (C=O) groups excluding carboxylic acids is 1. The van der Waals surface area contributed by atoms with Crippen molar-refractivity contribution >= 4 is 17.7 Å². The maximum absolute atomic E-state index is 13.3. The number of amides is 2. The van der Waals surface area contributed by atoms with Gasteiger partial charge >= 0.3 is 6.03 Å². The molecule has 8 heteroatoms. The van der Waals surface area contributed by atoms with E-state index in [4.69, 9.17) is 16.9 Å². The topological polar surface area (TPSA) is 108 Å². The Morgan fingerprint density at radius 1 is 1.40 bits per heavy atom. The molecule has 0 spiro atoms. The summed E-state index contributed by atoms with van der Waals surface area (Å²) in [7, 11) is 0. The van der Waals surface area contributed by atoms with Crippen molar-refractivity contribution in [2.75, 3.05) is 4.90 Å². The number of anilines is 1. The Morgan fingerprint density at radius 3 is 2.50 bits per heavy atom. The van der Waals surface area contributed by atoms with Crippen LogP contribution in [-0.4, -0.2) is 18.2 Å². The number of primary amides is 1. The third-order valence-electron chi connectivity index (χ3n) is 2.53. The summed E-state index contributed by atoms with van der Waals surface area (Å²) in [6.07, 6.45) is -0.0349. The lowest BCUT2D eigenvalue weighted by Gasteiger charge is -2.31. The minimum Gasteiger partial charge on any atom is -0.370 e. The maximum atomic E-state index is 13.3. The van der Waals surface area contributed by atoms with E-state index in [0.717, 1.165) is 17.0 Å². The van der Waals surface area contributed by atoms with Crippen LogP contribution in [0.3, 0.4) is 0 Å². The number of benzene rings is 1. The van der Waals surface area contributed by atoms with E-state index in [-0.39, 0.29) is 11.6 Å². The van der Waals surface area contributed by atoms with Gasteiger partial charge in [-0.25, -0.2) is 13.6 Å². The molecule has 0 aromatic heterocycles. The number of urea groups is 1. The van der Waals surface area contributed by atoms with Crippen LogP contribution in [0.15, 0.2) is 18.2 Å². The Balaban J connectivity index is 3.15. The highest BCUT2D eigenvalue weighted by Crippen LogP contribution is 2.21. The monoisotopic (exact) mass is 284 g/mol. The lowest BCUT2D eigenvalue weighted by atomic mass is 10.2. The van der Waals surface area contributed by atoms with Gasteiger partial charge in [0, 0.05) is 6.07 Å². The SMILES string of the molecule is [CH2]CCC(NC(=N)N)N(C(N)=O)c1ccc(F)c(F)c1. The Bertz CT molecular complexity index is 509. The number of nitrogens with two attached hydrogens (primary N) is 2. The molecule has 1 radical (unpaired) electrons. The molecule has 0 saturated heterocycles. The van der Waals surface area contributed by atoms with Crippen LogP contribution < -0.4 is 21.7 Å². The Hall–Kier alpha value is -2.38. The van der Waals surface area contributed by atoms with Crippen molar-refractivity contribution in [3.63, 3.8) is 0 Å². The first kappa shape index (κ1) is 15.7. The minimum atomic E-state index is -1.11. The Morgan fingerprint density at radius 2 is 2.05 bits per heavy atom. The summed E-state index contributed by atoms with van der Waals surface area (Å²) < 4.78 is 26.2. The van der Waals surface area contributed by atoms with Crippen molar-refractivity contribution in [2.24, 2.45) is 11.5 Å². The third-order valence-corrected chi connectivity index (χ3v) is 2.53. The molecule has 6 nitrogen and oxygen atoms in total. The summed E-state index contributed by atoms with van der Waals surface area (Å²) >= 11 is 0. The third kappa shape index (κ3) is 3.81. The number of halogens is 2. The number of guanidine groups is 1. The zero-order valence-corrected chi connectivity index (χ0v) is 10.7. The van der Waals surface area contributed by atoms with Gasteiger partial charge in [0.15, 0.2) is 17.6 Å². The first-order valence-electron chi connectivity index (χ1n) is 5.80. The molecule has 0 heterocycles. The van der Waals surface area contributed by atoms with Gasteiger partial charge < -0.3 is 16.8 Å². The number of nitrogens with one attached hydrogen (secondary N) is 2. The van der Waals surface area contributed by atoms with Crippen LogP contribution in [-0.2, 0) is 0 Å². The van der Waals surface area contributed by atoms with Crippen LogP contribution in [0.5, 0.6) is 0 Å². The maximum Gasteiger partial charge on any atom is 0.320 e. The fourth-order valence-corrected chi connectivity index (χ4v) is 1.73. The van der Waals surface area contributed by atoms with Crippen molar-refractivity contribution in [3.05, 3.63) is 36.8 Å². The Labute approximate surface area is 115 Å². The molecule has 0 fully saturated rings. The van der Waals surface area contributed by atoms with E-state index in [1.807, 2.05) is 0 Å². The van der Waals surface area contributed by atoms with E-state index >= 15 is 0 Å². The second kappa shape index (κ2) is 6.69. The van der Waals surface area contributed by atoms with Crippen LogP contribution in [0.25, 0.3) is 0 Å². The molecular weight excluding hydrogens is 268 g/mol. The summed E-state index contributed by atoms with van der Waals surface area (Å²) in [6, 6.07) is 2.05. The quantitative estimate of drug-likeness (QED) is 0.371. The molecule has 0 aliphatic heterocycles. The molecule has 0 aliphatic carbocycles. The second-order valence-electron chi connectivity index (χ2n) is 4.02. The van der Waals surface area contributed by atoms with Crippen LogP contribution in [0.4, 0.5) is 19.3 Å². The van der Waals surface area contributed by atoms with Crippen molar-refractivity contribution in [2.45, 2.75) is 19.0 Å². The van der Waals surface area contributed by atoms with Gasteiger partial charge in [-0.05, 0) is 25.0 Å². The van der Waals surface area contributed by atoms with Crippen LogP contribution >= 0.6 is 0 Å². The number of rotatable bonds is 5. The van der Waals surface area contributed by atoms with Gasteiger partial charge in [0.25, 0.3) is 0 Å². The molecule has 6 N–H and O–H groups in total. The molecule has 1 aromatic rings. The van der Waals surface area contributed by atoms with Gasteiger partial charge in [-0.15, -0.1) is 0 Å². The molecule has 0 aliphatic rings. The van der Waals surface area contributed by atoms with Crippen molar-refractivity contribution < 1.29 is 13.6 Å². The van der Waals surface area contributed by atoms with E-state index < -0.39 is 23.8 Å². The van der Waals surface area contributed by atoms with E-state index in [1.165, 1.54) is 6.07 Å². The zero-order valence-electron chi connectivity index (χ0n) is 10.7. The number of carbonyl (C=O) groups is 1. The minimum absolute atomic E-state index is 0.0589. The zero-order chi connectivity index (χ0) is 15.3. The standard InChI is InChI=1S/C12H16F2N5O/c1-2-3-10(18-11(15)16)19(12(17)20)7-4-5-8(13)9(14)6-7/h4-6,10H,1-3H2,(H2,17,20)(H4,15,16,18). The first-order chi connectivity index (χ1) is 9.36. The van der Waals surface area contributed by atoms with Gasteiger partial charge in [-0.1, -0.05) is 6.92 Å². The molecule has 1 rings (SSSR count). The van der Waals surface area contributed by atoms with E-state index in [2.05, 4.69) is 12.2 Å². The Kier molecular flexibility index (Phi) is 5.24. The molecule has 0 saturated carbocycles. The summed E-state index contributed by atoms with van der Waals surface area (Å²) in [5.41, 5.74) is 10.6. The highest BCUT2D eigenvalue weighted by Gasteiger charge is 2.24. The summed E-state index contributed by atoms with van der Waals surface area (Å²) in [4.78, 5) is 12.5. The average Bonchev–Trinajstić information content (AvgIpc) is 2.33. The molecule has 109 valence electrons. The van der Waals surface area contributed by atoms with E-state index in [9.17, 15) is 13.6 Å². The smallest absolute Gasteiger partial charge is 0.320 e. The van der Waals surface area contributed by atoms with Crippen molar-refractivity contribution in [3.8, 4) is 0 Å². The molecule has 20 heavy (non-hydrogen) atoms. The summed E-state index contributed by atoms with van der Waals surface area (Å²) in [5.74, 6) is -2.52. The van der Waals surface area contributed by atoms with Crippen LogP contribution in [0.2, 0.25) is 0 Å². The first-order valence-corrected chi connectivity index (χ1v) is 5.80. The lowest BCUT2D eigenvalue weighted by molar-refractivity contribution is 0.250. The highest BCUT2D eigenvalue weighted by molar-refractivity contribution is 5.92. The molecule has 1 unspecified atom stereocenters. The normalized spacial score (nSPS) is 11.8.